The van der Waals surface area contributed by atoms with E-state index in [-0.39, 0.29) is 24.7 Å². The van der Waals surface area contributed by atoms with Gasteiger partial charge in [-0.15, -0.1) is 0 Å². The lowest BCUT2D eigenvalue weighted by Crippen LogP contribution is -2.51. The normalized spacial score (nSPS) is 22.0. The standard InChI is InChI=1S/C19H27NO7/c1-10-14(21)11(7-13-16(10)25-9-24-13)15(22)12-8-26-19(5,6)20(12)17(23)27-18(2,3)4/h7,12,15,21-22H,8-9H2,1-6H3/t12-,15-/m1/s1. The van der Waals surface area contributed by atoms with Crippen LogP contribution in [0.4, 0.5) is 4.79 Å². The van der Waals surface area contributed by atoms with Gasteiger partial charge in [-0.3, -0.25) is 4.90 Å². The molecule has 27 heavy (non-hydrogen) atoms. The number of phenolic OH excluding ortho intramolecular Hbond substituents is 1. The van der Waals surface area contributed by atoms with Crippen molar-refractivity contribution in [1.29, 1.82) is 0 Å². The maximum absolute atomic E-state index is 12.8. The molecular weight excluding hydrogens is 354 g/mol. The van der Waals surface area contributed by atoms with Crippen LogP contribution in [-0.2, 0) is 9.47 Å². The summed E-state index contributed by atoms with van der Waals surface area (Å²) < 4.78 is 22.0. The van der Waals surface area contributed by atoms with E-state index in [0.717, 1.165) is 0 Å². The molecule has 2 aliphatic rings. The third kappa shape index (κ3) is 3.51. The van der Waals surface area contributed by atoms with Gasteiger partial charge in [-0.1, -0.05) is 0 Å². The summed E-state index contributed by atoms with van der Waals surface area (Å²) in [6.07, 6.45) is -1.79. The minimum atomic E-state index is -1.20. The average molecular weight is 381 g/mol. The molecule has 0 aromatic heterocycles. The molecule has 0 bridgehead atoms. The topological polar surface area (TPSA) is 97.7 Å². The maximum Gasteiger partial charge on any atom is 0.413 e. The van der Waals surface area contributed by atoms with Crippen molar-refractivity contribution >= 4 is 6.09 Å². The SMILES string of the molecule is Cc1c(O)c([C@@H](O)[C@H]2COC(C)(C)N2C(=O)OC(C)(C)C)cc2c1OCO2. The van der Waals surface area contributed by atoms with Crippen molar-refractivity contribution in [2.45, 2.75) is 65.0 Å². The molecule has 1 amide bonds. The van der Waals surface area contributed by atoms with E-state index in [1.807, 2.05) is 0 Å². The van der Waals surface area contributed by atoms with Crippen molar-refractivity contribution < 1.29 is 34.0 Å². The monoisotopic (exact) mass is 381 g/mol. The summed E-state index contributed by atoms with van der Waals surface area (Å²) in [7, 11) is 0. The summed E-state index contributed by atoms with van der Waals surface area (Å²) in [6.45, 7) is 10.6. The average Bonchev–Trinajstić information content (AvgIpc) is 3.12. The Morgan fingerprint density at radius 2 is 2.04 bits per heavy atom. The molecular formula is C19H27NO7. The molecule has 2 heterocycles. The van der Waals surface area contributed by atoms with Crippen LogP contribution in [-0.4, -0.2) is 52.0 Å². The van der Waals surface area contributed by atoms with Gasteiger partial charge in [-0.2, -0.15) is 0 Å². The molecule has 1 fully saturated rings. The summed E-state index contributed by atoms with van der Waals surface area (Å²) in [6, 6.07) is 0.800. The molecule has 2 N–H and O–H groups in total. The van der Waals surface area contributed by atoms with Gasteiger partial charge in [0.25, 0.3) is 0 Å². The molecule has 3 rings (SSSR count). The minimum absolute atomic E-state index is 0.0543. The van der Waals surface area contributed by atoms with Crippen molar-refractivity contribution in [2.75, 3.05) is 13.4 Å². The number of carbonyl (C=O) groups is 1. The van der Waals surface area contributed by atoms with E-state index in [1.54, 1.807) is 41.5 Å². The number of fused-ring (bicyclic) bond motifs is 1. The van der Waals surface area contributed by atoms with E-state index in [9.17, 15) is 15.0 Å². The number of aromatic hydroxyl groups is 1. The number of aliphatic hydroxyl groups excluding tert-OH is 1. The molecule has 1 aromatic carbocycles. The summed E-state index contributed by atoms with van der Waals surface area (Å²) in [5.41, 5.74) is -0.935. The number of carbonyl (C=O) groups excluding carboxylic acids is 1. The molecule has 0 saturated carbocycles. The van der Waals surface area contributed by atoms with Gasteiger partial charge in [-0.25, -0.2) is 4.79 Å². The second kappa shape index (κ2) is 6.45. The van der Waals surface area contributed by atoms with Crippen molar-refractivity contribution in [1.82, 2.24) is 4.90 Å². The third-order valence-corrected chi connectivity index (χ3v) is 4.69. The first-order valence-corrected chi connectivity index (χ1v) is 8.89. The highest BCUT2D eigenvalue weighted by molar-refractivity contribution is 5.70. The molecule has 0 aliphatic carbocycles. The Morgan fingerprint density at radius 1 is 1.37 bits per heavy atom. The summed E-state index contributed by atoms with van der Waals surface area (Å²) in [5, 5.41) is 21.6. The molecule has 2 aliphatic heterocycles. The van der Waals surface area contributed by atoms with Gasteiger partial charge in [0.15, 0.2) is 11.5 Å². The zero-order chi connectivity index (χ0) is 20.1. The number of phenols is 1. The molecule has 0 spiro atoms. The predicted molar refractivity (Wildman–Crippen MR) is 95.8 cm³/mol. The second-order valence-electron chi connectivity index (χ2n) is 8.29. The number of rotatable bonds is 2. The zero-order valence-corrected chi connectivity index (χ0v) is 16.5. The fourth-order valence-electron chi connectivity index (χ4n) is 3.39. The van der Waals surface area contributed by atoms with Crippen LogP contribution in [0, 0.1) is 6.92 Å². The van der Waals surface area contributed by atoms with Gasteiger partial charge in [0.1, 0.15) is 23.2 Å². The summed E-state index contributed by atoms with van der Waals surface area (Å²) >= 11 is 0. The van der Waals surface area contributed by atoms with E-state index in [1.165, 1.54) is 11.0 Å². The lowest BCUT2D eigenvalue weighted by molar-refractivity contribution is -0.0680. The van der Waals surface area contributed by atoms with E-state index in [4.69, 9.17) is 18.9 Å². The van der Waals surface area contributed by atoms with Crippen LogP contribution in [0.15, 0.2) is 6.07 Å². The van der Waals surface area contributed by atoms with Crippen LogP contribution in [0.2, 0.25) is 0 Å². The highest BCUT2D eigenvalue weighted by Crippen LogP contribution is 2.46. The third-order valence-electron chi connectivity index (χ3n) is 4.69. The Balaban J connectivity index is 1.95. The van der Waals surface area contributed by atoms with Gasteiger partial charge >= 0.3 is 6.09 Å². The zero-order valence-electron chi connectivity index (χ0n) is 16.5. The fourth-order valence-corrected chi connectivity index (χ4v) is 3.39. The summed E-state index contributed by atoms with van der Waals surface area (Å²) in [5.74, 6) is 0.803. The fraction of sp³-hybridized carbons (Fsp3) is 0.632. The summed E-state index contributed by atoms with van der Waals surface area (Å²) in [4.78, 5) is 14.1. The maximum atomic E-state index is 12.8. The Kier molecular flexibility index (Phi) is 4.68. The predicted octanol–water partition coefficient (Wildman–Crippen LogP) is 2.83. The number of amides is 1. The van der Waals surface area contributed by atoms with Crippen LogP contribution in [0.3, 0.4) is 0 Å². The molecule has 1 aromatic rings. The molecule has 8 heteroatoms. The van der Waals surface area contributed by atoms with Crippen LogP contribution in [0.25, 0.3) is 0 Å². The van der Waals surface area contributed by atoms with Crippen molar-refractivity contribution in [2.24, 2.45) is 0 Å². The van der Waals surface area contributed by atoms with Gasteiger partial charge in [0.05, 0.1) is 12.6 Å². The Labute approximate surface area is 158 Å². The first-order chi connectivity index (χ1) is 12.4. The number of hydrogen-bond donors (Lipinski definition) is 2. The van der Waals surface area contributed by atoms with Gasteiger partial charge in [0, 0.05) is 11.1 Å². The van der Waals surface area contributed by atoms with E-state index in [0.29, 0.717) is 17.1 Å². The number of nitrogens with zero attached hydrogens (tertiary/aromatic N) is 1. The van der Waals surface area contributed by atoms with E-state index >= 15 is 0 Å². The highest BCUT2D eigenvalue weighted by Gasteiger charge is 2.49. The molecule has 150 valence electrons. The van der Waals surface area contributed by atoms with Gasteiger partial charge < -0.3 is 29.2 Å². The molecule has 0 unspecified atom stereocenters. The van der Waals surface area contributed by atoms with Crippen LogP contribution in [0.5, 0.6) is 17.2 Å². The lowest BCUT2D eigenvalue weighted by Gasteiger charge is -2.36. The quantitative estimate of drug-likeness (QED) is 0.813. The highest BCUT2D eigenvalue weighted by atomic mass is 16.7. The largest absolute Gasteiger partial charge is 0.507 e. The smallest absolute Gasteiger partial charge is 0.413 e. The van der Waals surface area contributed by atoms with Crippen molar-refractivity contribution in [3.63, 3.8) is 0 Å². The Bertz CT molecular complexity index is 753. The Hall–Kier alpha value is -2.19. The lowest BCUT2D eigenvalue weighted by atomic mass is 9.97. The van der Waals surface area contributed by atoms with Crippen LogP contribution < -0.4 is 9.47 Å². The number of hydrogen-bond acceptors (Lipinski definition) is 7. The second-order valence-corrected chi connectivity index (χ2v) is 8.29. The van der Waals surface area contributed by atoms with Crippen molar-refractivity contribution in [3.8, 4) is 17.2 Å². The molecule has 2 atom stereocenters. The molecule has 0 radical (unpaired) electrons. The van der Waals surface area contributed by atoms with Gasteiger partial charge in [-0.05, 0) is 47.6 Å². The molecule has 8 nitrogen and oxygen atoms in total. The Morgan fingerprint density at radius 3 is 2.67 bits per heavy atom. The minimum Gasteiger partial charge on any atom is -0.507 e. The first-order valence-electron chi connectivity index (χ1n) is 8.89. The number of aliphatic hydroxyl groups is 1. The molecule has 1 saturated heterocycles. The number of benzene rings is 1. The van der Waals surface area contributed by atoms with Crippen LogP contribution >= 0.6 is 0 Å². The first kappa shape index (κ1) is 19.6. The number of ether oxygens (including phenoxy) is 4. The van der Waals surface area contributed by atoms with E-state index < -0.39 is 29.6 Å². The van der Waals surface area contributed by atoms with Gasteiger partial charge in [0.2, 0.25) is 6.79 Å². The van der Waals surface area contributed by atoms with Crippen molar-refractivity contribution in [3.05, 3.63) is 17.2 Å². The van der Waals surface area contributed by atoms with E-state index in [2.05, 4.69) is 0 Å². The van der Waals surface area contributed by atoms with Crippen LogP contribution in [0.1, 0.15) is 51.8 Å².